The fourth-order valence-electron chi connectivity index (χ4n) is 1.79. The molecular formula is C12H11NO2S. The Kier molecular flexibility index (Phi) is 2.19. The maximum Gasteiger partial charge on any atom is 0.129 e. The van der Waals surface area contributed by atoms with Crippen molar-refractivity contribution in [3.63, 3.8) is 0 Å². The predicted molar refractivity (Wildman–Crippen MR) is 62.5 cm³/mol. The van der Waals surface area contributed by atoms with Gasteiger partial charge in [-0.05, 0) is 19.1 Å². The number of rotatable bonds is 1. The summed E-state index contributed by atoms with van der Waals surface area (Å²) >= 11 is 1.52. The first-order valence-electron chi connectivity index (χ1n) is 5.15. The fourth-order valence-corrected chi connectivity index (χ4v) is 2.72. The third kappa shape index (κ3) is 1.42. The van der Waals surface area contributed by atoms with Gasteiger partial charge in [-0.25, -0.2) is 4.98 Å². The van der Waals surface area contributed by atoms with E-state index in [0.29, 0.717) is 6.61 Å². The van der Waals surface area contributed by atoms with E-state index in [-0.39, 0.29) is 0 Å². The molecule has 1 unspecified atom stereocenters. The van der Waals surface area contributed by atoms with Gasteiger partial charge >= 0.3 is 0 Å². The Morgan fingerprint density at radius 1 is 1.44 bits per heavy atom. The van der Waals surface area contributed by atoms with Crippen LogP contribution in [0.15, 0.2) is 24.3 Å². The van der Waals surface area contributed by atoms with Crippen LogP contribution in [0.4, 0.5) is 0 Å². The number of benzene rings is 1. The highest BCUT2D eigenvalue weighted by Crippen LogP contribution is 2.40. The molecule has 0 bridgehead atoms. The summed E-state index contributed by atoms with van der Waals surface area (Å²) in [5.41, 5.74) is 1.98. The van der Waals surface area contributed by atoms with E-state index in [2.05, 4.69) is 4.98 Å². The first-order valence-corrected chi connectivity index (χ1v) is 5.97. The third-order valence-electron chi connectivity index (χ3n) is 2.57. The van der Waals surface area contributed by atoms with Crippen molar-refractivity contribution < 1.29 is 9.84 Å². The lowest BCUT2D eigenvalue weighted by molar-refractivity contribution is 0.199. The summed E-state index contributed by atoms with van der Waals surface area (Å²) in [5, 5.41) is 10.3. The second-order valence-corrected chi connectivity index (χ2v) is 4.90. The zero-order valence-corrected chi connectivity index (χ0v) is 9.62. The van der Waals surface area contributed by atoms with Crippen LogP contribution < -0.4 is 4.74 Å². The van der Waals surface area contributed by atoms with Gasteiger partial charge < -0.3 is 9.84 Å². The van der Waals surface area contributed by atoms with Crippen molar-refractivity contribution in [3.05, 3.63) is 34.2 Å². The van der Waals surface area contributed by atoms with Crippen molar-refractivity contribution in [3.8, 4) is 17.0 Å². The van der Waals surface area contributed by atoms with E-state index in [0.717, 1.165) is 26.9 Å². The van der Waals surface area contributed by atoms with Crippen LogP contribution in [0.25, 0.3) is 11.3 Å². The van der Waals surface area contributed by atoms with Gasteiger partial charge in [0.05, 0.1) is 10.6 Å². The molecule has 0 radical (unpaired) electrons. The number of nitrogens with zero attached hydrogens (tertiary/aromatic N) is 1. The molecule has 0 fully saturated rings. The van der Waals surface area contributed by atoms with Crippen molar-refractivity contribution in [2.75, 3.05) is 0 Å². The lowest BCUT2D eigenvalue weighted by Gasteiger charge is -2.15. The maximum atomic E-state index is 9.53. The lowest BCUT2D eigenvalue weighted by atomic mass is 10.1. The molecule has 0 spiro atoms. The Morgan fingerprint density at radius 2 is 2.25 bits per heavy atom. The Labute approximate surface area is 97.3 Å². The van der Waals surface area contributed by atoms with E-state index in [1.165, 1.54) is 11.3 Å². The van der Waals surface area contributed by atoms with Gasteiger partial charge in [0.2, 0.25) is 0 Å². The largest absolute Gasteiger partial charge is 0.487 e. The minimum absolute atomic E-state index is 0.511. The minimum Gasteiger partial charge on any atom is -0.487 e. The zero-order valence-electron chi connectivity index (χ0n) is 8.80. The number of aliphatic hydroxyl groups is 1. The average molecular weight is 233 g/mol. The van der Waals surface area contributed by atoms with E-state index in [1.54, 1.807) is 6.92 Å². The summed E-state index contributed by atoms with van der Waals surface area (Å²) < 4.78 is 5.63. The van der Waals surface area contributed by atoms with E-state index >= 15 is 0 Å². The monoisotopic (exact) mass is 233 g/mol. The maximum absolute atomic E-state index is 9.53. The molecule has 16 heavy (non-hydrogen) atoms. The first-order chi connectivity index (χ1) is 7.75. The summed E-state index contributed by atoms with van der Waals surface area (Å²) in [4.78, 5) is 5.57. The first kappa shape index (κ1) is 9.81. The molecule has 2 aromatic rings. The summed E-state index contributed by atoms with van der Waals surface area (Å²) in [6.07, 6.45) is -0.511. The number of ether oxygens (including phenoxy) is 1. The van der Waals surface area contributed by atoms with Gasteiger partial charge in [-0.1, -0.05) is 12.1 Å². The standard InChI is InChI=1S/C12H11NO2S/c1-7(14)12-13-11-8-4-2-3-5-9(8)15-6-10(11)16-12/h2-5,7,14H,6H2,1H3. The number of fused-ring (bicyclic) bond motifs is 3. The number of hydrogen-bond donors (Lipinski definition) is 1. The normalized spacial score (nSPS) is 14.9. The number of thiazole rings is 1. The molecule has 4 heteroatoms. The van der Waals surface area contributed by atoms with Crippen molar-refractivity contribution in [2.45, 2.75) is 19.6 Å². The van der Waals surface area contributed by atoms with Crippen LogP contribution in [0.2, 0.25) is 0 Å². The molecule has 1 aliphatic rings. The van der Waals surface area contributed by atoms with Crippen molar-refractivity contribution in [2.24, 2.45) is 0 Å². The third-order valence-corrected chi connectivity index (χ3v) is 3.77. The Balaban J connectivity index is 2.17. The van der Waals surface area contributed by atoms with Gasteiger partial charge in [0.25, 0.3) is 0 Å². The second-order valence-electron chi connectivity index (χ2n) is 3.78. The molecule has 1 N–H and O–H groups in total. The Bertz CT molecular complexity index is 534. The molecule has 0 amide bonds. The summed E-state index contributed by atoms with van der Waals surface area (Å²) in [5.74, 6) is 0.873. The topological polar surface area (TPSA) is 42.4 Å². The zero-order chi connectivity index (χ0) is 11.1. The van der Waals surface area contributed by atoms with Crippen LogP contribution in [0.3, 0.4) is 0 Å². The van der Waals surface area contributed by atoms with Gasteiger partial charge in [-0.15, -0.1) is 11.3 Å². The average Bonchev–Trinajstić information content (AvgIpc) is 2.73. The van der Waals surface area contributed by atoms with Gasteiger partial charge in [-0.3, -0.25) is 0 Å². The highest BCUT2D eigenvalue weighted by molar-refractivity contribution is 7.12. The lowest BCUT2D eigenvalue weighted by Crippen LogP contribution is -2.02. The van der Waals surface area contributed by atoms with Crippen LogP contribution >= 0.6 is 11.3 Å². The minimum atomic E-state index is -0.511. The van der Waals surface area contributed by atoms with Gasteiger partial charge in [-0.2, -0.15) is 0 Å². The van der Waals surface area contributed by atoms with Gasteiger partial charge in [0, 0.05) is 5.56 Å². The molecule has 1 aliphatic heterocycles. The fraction of sp³-hybridized carbons (Fsp3) is 0.250. The van der Waals surface area contributed by atoms with Gasteiger partial charge in [0.15, 0.2) is 0 Å². The number of hydrogen-bond acceptors (Lipinski definition) is 4. The highest BCUT2D eigenvalue weighted by atomic mass is 32.1. The van der Waals surface area contributed by atoms with Crippen LogP contribution in [0.1, 0.15) is 22.9 Å². The van der Waals surface area contributed by atoms with Crippen molar-refractivity contribution in [1.29, 1.82) is 0 Å². The Hall–Kier alpha value is -1.39. The smallest absolute Gasteiger partial charge is 0.129 e. The molecule has 2 heterocycles. The van der Waals surface area contributed by atoms with Crippen molar-refractivity contribution in [1.82, 2.24) is 4.98 Å². The molecule has 0 saturated carbocycles. The summed E-state index contributed by atoms with van der Waals surface area (Å²) in [6.45, 7) is 2.29. The molecule has 0 saturated heterocycles. The van der Waals surface area contributed by atoms with E-state index in [4.69, 9.17) is 4.74 Å². The molecule has 1 atom stereocenters. The number of para-hydroxylation sites is 1. The van der Waals surface area contributed by atoms with Crippen LogP contribution in [-0.4, -0.2) is 10.1 Å². The van der Waals surface area contributed by atoms with Gasteiger partial charge in [0.1, 0.15) is 23.5 Å². The summed E-state index contributed by atoms with van der Waals surface area (Å²) in [6, 6.07) is 7.86. The van der Waals surface area contributed by atoms with E-state index < -0.39 is 6.10 Å². The predicted octanol–water partition coefficient (Wildman–Crippen LogP) is 2.76. The SMILES string of the molecule is CC(O)c1nc2c(s1)COc1ccccc1-2. The van der Waals surface area contributed by atoms with E-state index in [1.807, 2.05) is 24.3 Å². The molecule has 1 aromatic heterocycles. The highest BCUT2D eigenvalue weighted by Gasteiger charge is 2.22. The number of aliphatic hydroxyl groups excluding tert-OH is 1. The summed E-state index contributed by atoms with van der Waals surface area (Å²) in [7, 11) is 0. The van der Waals surface area contributed by atoms with Crippen LogP contribution in [0.5, 0.6) is 5.75 Å². The number of aromatic nitrogens is 1. The molecule has 1 aromatic carbocycles. The van der Waals surface area contributed by atoms with Crippen LogP contribution in [0, 0.1) is 0 Å². The second kappa shape index (κ2) is 3.57. The van der Waals surface area contributed by atoms with E-state index in [9.17, 15) is 5.11 Å². The molecule has 0 aliphatic carbocycles. The molecule has 3 rings (SSSR count). The van der Waals surface area contributed by atoms with Crippen LogP contribution in [-0.2, 0) is 6.61 Å². The Morgan fingerprint density at radius 3 is 3.06 bits per heavy atom. The molecule has 3 nitrogen and oxygen atoms in total. The molecule has 82 valence electrons. The molecular weight excluding hydrogens is 222 g/mol. The van der Waals surface area contributed by atoms with Crippen molar-refractivity contribution >= 4 is 11.3 Å². The quantitative estimate of drug-likeness (QED) is 0.823.